The Labute approximate surface area is 169 Å². The highest BCUT2D eigenvalue weighted by atomic mass is 16.5. The fourth-order valence-electron chi connectivity index (χ4n) is 2.66. The van der Waals surface area contributed by atoms with E-state index in [2.05, 4.69) is 15.3 Å². The number of benzene rings is 2. The average Bonchev–Trinajstić information content (AvgIpc) is 2.78. The van der Waals surface area contributed by atoms with Crippen LogP contribution in [0, 0.1) is 0 Å². The number of methoxy groups -OCH3 is 1. The number of hydrogen-bond acceptors (Lipinski definition) is 5. The zero-order valence-corrected chi connectivity index (χ0v) is 16.3. The number of ether oxygens (including phenoxy) is 1. The molecule has 0 aliphatic rings. The summed E-state index contributed by atoms with van der Waals surface area (Å²) in [6.45, 7) is 0.995. The van der Waals surface area contributed by atoms with Crippen LogP contribution in [0.4, 0.5) is 5.69 Å². The predicted octanol–water partition coefficient (Wildman–Crippen LogP) is 3.11. The first-order valence-electron chi connectivity index (χ1n) is 9.12. The number of carbonyl (C=O) groups is 2. The summed E-state index contributed by atoms with van der Waals surface area (Å²) >= 11 is 0. The van der Waals surface area contributed by atoms with E-state index in [1.807, 2.05) is 18.2 Å². The van der Waals surface area contributed by atoms with E-state index in [4.69, 9.17) is 4.74 Å². The van der Waals surface area contributed by atoms with Crippen molar-refractivity contribution in [1.82, 2.24) is 14.9 Å². The highest BCUT2D eigenvalue weighted by molar-refractivity contribution is 6.03. The SMILES string of the molecule is COCCN(C)C(=O)c1ccc(-c2cncc(C(=O)Nc3ccccc3)n2)cc1. The van der Waals surface area contributed by atoms with Gasteiger partial charge in [-0.1, -0.05) is 30.3 Å². The number of anilines is 1. The number of carbonyl (C=O) groups excluding carboxylic acids is 2. The van der Waals surface area contributed by atoms with Crippen LogP contribution < -0.4 is 5.32 Å². The highest BCUT2D eigenvalue weighted by Gasteiger charge is 2.13. The molecule has 1 aromatic heterocycles. The minimum Gasteiger partial charge on any atom is -0.383 e. The van der Waals surface area contributed by atoms with Crippen molar-refractivity contribution < 1.29 is 14.3 Å². The summed E-state index contributed by atoms with van der Waals surface area (Å²) in [5.41, 5.74) is 2.79. The summed E-state index contributed by atoms with van der Waals surface area (Å²) in [7, 11) is 3.33. The normalized spacial score (nSPS) is 10.4. The Morgan fingerprint density at radius 1 is 1.03 bits per heavy atom. The molecule has 0 saturated carbocycles. The highest BCUT2D eigenvalue weighted by Crippen LogP contribution is 2.18. The van der Waals surface area contributed by atoms with Gasteiger partial charge in [0.2, 0.25) is 0 Å². The van der Waals surface area contributed by atoms with Crippen LogP contribution in [0.5, 0.6) is 0 Å². The second-order valence-corrected chi connectivity index (χ2v) is 6.41. The maximum absolute atomic E-state index is 12.4. The van der Waals surface area contributed by atoms with Crippen LogP contribution in [0.25, 0.3) is 11.3 Å². The fraction of sp³-hybridized carbons (Fsp3) is 0.182. The van der Waals surface area contributed by atoms with Crippen molar-refractivity contribution in [3.05, 3.63) is 78.2 Å². The van der Waals surface area contributed by atoms with Crippen LogP contribution in [0.3, 0.4) is 0 Å². The maximum atomic E-state index is 12.4. The second-order valence-electron chi connectivity index (χ2n) is 6.41. The van der Waals surface area contributed by atoms with Crippen LogP contribution in [-0.2, 0) is 4.74 Å². The van der Waals surface area contributed by atoms with E-state index in [9.17, 15) is 9.59 Å². The predicted molar refractivity (Wildman–Crippen MR) is 111 cm³/mol. The van der Waals surface area contributed by atoms with E-state index in [-0.39, 0.29) is 17.5 Å². The molecule has 0 bridgehead atoms. The molecule has 3 aromatic rings. The monoisotopic (exact) mass is 390 g/mol. The molecule has 0 atom stereocenters. The largest absolute Gasteiger partial charge is 0.383 e. The van der Waals surface area contributed by atoms with Crippen molar-refractivity contribution in [2.24, 2.45) is 0 Å². The zero-order chi connectivity index (χ0) is 20.6. The molecule has 0 spiro atoms. The van der Waals surface area contributed by atoms with Crippen molar-refractivity contribution in [3.63, 3.8) is 0 Å². The van der Waals surface area contributed by atoms with E-state index in [0.717, 1.165) is 5.56 Å². The standard InChI is InChI=1S/C22H22N4O3/c1-26(12-13-29-2)22(28)17-10-8-16(9-11-17)19-14-23-15-20(25-19)21(27)24-18-6-4-3-5-7-18/h3-11,14-15H,12-13H2,1-2H3,(H,24,27). The Morgan fingerprint density at radius 3 is 2.45 bits per heavy atom. The van der Waals surface area contributed by atoms with Gasteiger partial charge in [0, 0.05) is 37.5 Å². The molecular weight excluding hydrogens is 368 g/mol. The lowest BCUT2D eigenvalue weighted by Crippen LogP contribution is -2.29. The molecule has 2 amide bonds. The van der Waals surface area contributed by atoms with Gasteiger partial charge in [-0.3, -0.25) is 14.6 Å². The summed E-state index contributed by atoms with van der Waals surface area (Å²) in [5, 5.41) is 2.79. The lowest BCUT2D eigenvalue weighted by molar-refractivity contribution is 0.0744. The number of rotatable bonds is 7. The number of nitrogens with one attached hydrogen (secondary N) is 1. The first-order valence-corrected chi connectivity index (χ1v) is 9.12. The van der Waals surface area contributed by atoms with Gasteiger partial charge < -0.3 is 15.0 Å². The van der Waals surface area contributed by atoms with Crippen molar-refractivity contribution in [2.75, 3.05) is 32.6 Å². The third-order valence-electron chi connectivity index (χ3n) is 4.30. The molecule has 0 aliphatic heterocycles. The number of aromatic nitrogens is 2. The second kappa shape index (κ2) is 9.57. The van der Waals surface area contributed by atoms with Crippen LogP contribution >= 0.6 is 0 Å². The van der Waals surface area contributed by atoms with Gasteiger partial charge >= 0.3 is 0 Å². The Hall–Kier alpha value is -3.58. The number of amides is 2. The summed E-state index contributed by atoms with van der Waals surface area (Å²) in [6.07, 6.45) is 3.01. The Bertz CT molecular complexity index is 975. The lowest BCUT2D eigenvalue weighted by Gasteiger charge is -2.16. The molecule has 1 heterocycles. The van der Waals surface area contributed by atoms with Gasteiger partial charge in [0.05, 0.1) is 24.7 Å². The van der Waals surface area contributed by atoms with Gasteiger partial charge in [-0.15, -0.1) is 0 Å². The molecule has 0 fully saturated rings. The summed E-state index contributed by atoms with van der Waals surface area (Å²) < 4.78 is 5.00. The van der Waals surface area contributed by atoms with Crippen molar-refractivity contribution in [3.8, 4) is 11.3 Å². The summed E-state index contributed by atoms with van der Waals surface area (Å²) in [4.78, 5) is 35.0. The van der Waals surface area contributed by atoms with Crippen molar-refractivity contribution in [1.29, 1.82) is 0 Å². The number of nitrogens with zero attached hydrogens (tertiary/aromatic N) is 3. The van der Waals surface area contributed by atoms with Crippen LogP contribution in [-0.4, -0.2) is 54.0 Å². The molecule has 0 radical (unpaired) electrons. The number of likely N-dealkylation sites (N-methyl/N-ethyl adjacent to an activating group) is 1. The van der Waals surface area contributed by atoms with Gasteiger partial charge in [0.15, 0.2) is 0 Å². The fourth-order valence-corrected chi connectivity index (χ4v) is 2.66. The van der Waals surface area contributed by atoms with Crippen molar-refractivity contribution >= 4 is 17.5 Å². The topological polar surface area (TPSA) is 84.4 Å². The molecule has 7 heteroatoms. The number of hydrogen-bond donors (Lipinski definition) is 1. The third kappa shape index (κ3) is 5.24. The minimum atomic E-state index is -0.336. The first kappa shape index (κ1) is 20.2. The molecule has 29 heavy (non-hydrogen) atoms. The molecular formula is C22H22N4O3. The van der Waals surface area contributed by atoms with Gasteiger partial charge in [-0.05, 0) is 24.3 Å². The zero-order valence-electron chi connectivity index (χ0n) is 16.3. The Morgan fingerprint density at radius 2 is 1.76 bits per heavy atom. The molecule has 1 N–H and O–H groups in total. The van der Waals surface area contributed by atoms with Crippen LogP contribution in [0.2, 0.25) is 0 Å². The Kier molecular flexibility index (Phi) is 6.65. The smallest absolute Gasteiger partial charge is 0.275 e. The summed E-state index contributed by atoms with van der Waals surface area (Å²) in [6, 6.07) is 16.2. The third-order valence-corrected chi connectivity index (χ3v) is 4.30. The Balaban J connectivity index is 1.73. The van der Waals surface area contributed by atoms with Gasteiger partial charge in [0.25, 0.3) is 11.8 Å². The molecule has 2 aromatic carbocycles. The molecule has 7 nitrogen and oxygen atoms in total. The van der Waals surface area contributed by atoms with Crippen LogP contribution in [0.1, 0.15) is 20.8 Å². The van der Waals surface area contributed by atoms with Crippen molar-refractivity contribution in [2.45, 2.75) is 0 Å². The maximum Gasteiger partial charge on any atom is 0.275 e. The number of para-hydroxylation sites is 1. The average molecular weight is 390 g/mol. The van der Waals surface area contributed by atoms with Crippen LogP contribution in [0.15, 0.2) is 67.0 Å². The molecule has 0 unspecified atom stereocenters. The molecule has 0 aliphatic carbocycles. The molecule has 0 saturated heterocycles. The first-order chi connectivity index (χ1) is 14.1. The molecule has 3 rings (SSSR count). The summed E-state index contributed by atoms with van der Waals surface area (Å²) in [5.74, 6) is -0.423. The van der Waals surface area contributed by atoms with Gasteiger partial charge in [-0.2, -0.15) is 0 Å². The lowest BCUT2D eigenvalue weighted by atomic mass is 10.1. The van der Waals surface area contributed by atoms with Gasteiger partial charge in [0.1, 0.15) is 5.69 Å². The van der Waals surface area contributed by atoms with Gasteiger partial charge in [-0.25, -0.2) is 4.98 Å². The van der Waals surface area contributed by atoms with E-state index >= 15 is 0 Å². The van der Waals surface area contributed by atoms with E-state index in [1.54, 1.807) is 61.7 Å². The quantitative estimate of drug-likeness (QED) is 0.670. The van der Waals surface area contributed by atoms with E-state index < -0.39 is 0 Å². The minimum absolute atomic E-state index is 0.0873. The van der Waals surface area contributed by atoms with E-state index in [0.29, 0.717) is 30.1 Å². The van der Waals surface area contributed by atoms with E-state index in [1.165, 1.54) is 6.20 Å². The molecule has 148 valence electrons.